The van der Waals surface area contributed by atoms with Gasteiger partial charge in [-0.25, -0.2) is 4.79 Å². The molecule has 0 bridgehead atoms. The molecule has 9 nitrogen and oxygen atoms in total. The topological polar surface area (TPSA) is 122 Å². The summed E-state index contributed by atoms with van der Waals surface area (Å²) in [7, 11) is -4.07. The first-order valence-electron chi connectivity index (χ1n) is 8.23. The van der Waals surface area contributed by atoms with Crippen LogP contribution in [0.1, 0.15) is 18.6 Å². The average molecular weight is 409 g/mol. The third-order valence-electron chi connectivity index (χ3n) is 3.52. The smallest absolute Gasteiger partial charge is 0.341 e. The second kappa shape index (κ2) is 9.29. The van der Waals surface area contributed by atoms with Crippen LogP contribution in [0.3, 0.4) is 0 Å². The van der Waals surface area contributed by atoms with Crippen molar-refractivity contribution in [2.45, 2.75) is 19.1 Å². The minimum Gasteiger partial charge on any atom is -0.475 e. The Morgan fingerprint density at radius 2 is 1.71 bits per heavy atom. The van der Waals surface area contributed by atoms with Crippen LogP contribution >= 0.6 is 0 Å². The fraction of sp³-hybridized carbons (Fsp3) is 0.278. The number of nitro groups is 1. The number of nitro benzene ring substituents is 1. The van der Waals surface area contributed by atoms with E-state index in [2.05, 4.69) is 0 Å². The van der Waals surface area contributed by atoms with Gasteiger partial charge in [0.15, 0.2) is 11.9 Å². The van der Waals surface area contributed by atoms with Crippen LogP contribution in [0.4, 0.5) is 5.69 Å². The van der Waals surface area contributed by atoms with Crippen molar-refractivity contribution in [3.05, 3.63) is 70.3 Å². The maximum absolute atomic E-state index is 12.4. The highest BCUT2D eigenvalue weighted by Gasteiger charge is 2.38. The maximum Gasteiger partial charge on any atom is 0.341 e. The Kier molecular flexibility index (Phi) is 7.07. The number of benzene rings is 2. The van der Waals surface area contributed by atoms with E-state index in [1.54, 1.807) is 37.3 Å². The van der Waals surface area contributed by atoms with Crippen LogP contribution in [-0.4, -0.2) is 38.3 Å². The van der Waals surface area contributed by atoms with Gasteiger partial charge < -0.3 is 9.47 Å². The van der Waals surface area contributed by atoms with Gasteiger partial charge in [-0.15, -0.1) is 0 Å². The van der Waals surface area contributed by atoms with Gasteiger partial charge in [0.2, 0.25) is 6.10 Å². The van der Waals surface area contributed by atoms with E-state index < -0.39 is 33.2 Å². The van der Waals surface area contributed by atoms with Crippen molar-refractivity contribution < 1.29 is 31.8 Å². The molecule has 0 aliphatic rings. The number of esters is 1. The molecule has 2 rings (SSSR count). The molecule has 0 spiro atoms. The van der Waals surface area contributed by atoms with E-state index in [9.17, 15) is 23.3 Å². The van der Waals surface area contributed by atoms with Crippen LogP contribution in [0.15, 0.2) is 54.6 Å². The monoisotopic (exact) mass is 409 g/mol. The molecule has 0 amide bonds. The van der Waals surface area contributed by atoms with E-state index in [1.165, 1.54) is 24.3 Å². The van der Waals surface area contributed by atoms with E-state index in [-0.39, 0.29) is 18.0 Å². The van der Waals surface area contributed by atoms with Gasteiger partial charge in [-0.1, -0.05) is 42.5 Å². The van der Waals surface area contributed by atoms with Crippen LogP contribution < -0.4 is 4.74 Å². The number of ether oxygens (including phenoxy) is 2. The zero-order valence-corrected chi connectivity index (χ0v) is 16.0. The van der Waals surface area contributed by atoms with Crippen molar-refractivity contribution in [3.63, 3.8) is 0 Å². The first-order valence-corrected chi connectivity index (χ1v) is 10.0. The summed E-state index contributed by atoms with van der Waals surface area (Å²) in [6, 6.07) is 13.7. The number of para-hydroxylation sites is 2. The van der Waals surface area contributed by atoms with Gasteiger partial charge in [0.05, 0.1) is 17.8 Å². The molecule has 0 N–H and O–H groups in total. The summed E-state index contributed by atoms with van der Waals surface area (Å²) in [5, 5.41) is 11.3. The molecule has 10 heteroatoms. The Morgan fingerprint density at radius 3 is 2.29 bits per heavy atom. The van der Waals surface area contributed by atoms with Crippen molar-refractivity contribution in [1.82, 2.24) is 0 Å². The molecule has 150 valence electrons. The summed E-state index contributed by atoms with van der Waals surface area (Å²) in [5.74, 6) is -1.12. The summed E-state index contributed by atoms with van der Waals surface area (Å²) in [6.07, 6.45) is -2.22. The van der Waals surface area contributed by atoms with E-state index in [0.29, 0.717) is 5.56 Å². The second-order valence-electron chi connectivity index (χ2n) is 5.65. The van der Waals surface area contributed by atoms with Crippen molar-refractivity contribution in [2.75, 3.05) is 12.9 Å². The Labute approximate surface area is 162 Å². The molecular weight excluding hydrogens is 390 g/mol. The summed E-state index contributed by atoms with van der Waals surface area (Å²) in [4.78, 5) is 23.1. The highest BCUT2D eigenvalue weighted by atomic mass is 32.2. The first kappa shape index (κ1) is 21.3. The Balaban J connectivity index is 2.54. The Morgan fingerprint density at radius 1 is 1.11 bits per heavy atom. The third-order valence-corrected chi connectivity index (χ3v) is 4.07. The molecule has 0 aliphatic carbocycles. The number of hydrogen-bond acceptors (Lipinski definition) is 8. The Bertz CT molecular complexity index is 930. The second-order valence-corrected chi connectivity index (χ2v) is 7.25. The van der Waals surface area contributed by atoms with Gasteiger partial charge in [-0.2, -0.15) is 8.42 Å². The molecule has 0 aromatic heterocycles. The minimum atomic E-state index is -4.07. The molecule has 2 aromatic carbocycles. The first-order chi connectivity index (χ1) is 13.2. The van der Waals surface area contributed by atoms with Gasteiger partial charge in [-0.3, -0.25) is 14.3 Å². The van der Waals surface area contributed by atoms with Gasteiger partial charge in [-0.05, 0) is 18.6 Å². The molecule has 0 aliphatic heterocycles. The molecule has 0 saturated heterocycles. The van der Waals surface area contributed by atoms with Crippen molar-refractivity contribution >= 4 is 21.8 Å². The molecule has 2 aromatic rings. The van der Waals surface area contributed by atoms with Crippen LogP contribution in [-0.2, 0) is 23.8 Å². The zero-order valence-electron chi connectivity index (χ0n) is 15.2. The summed E-state index contributed by atoms with van der Waals surface area (Å²) >= 11 is 0. The molecule has 28 heavy (non-hydrogen) atoms. The SMILES string of the molecule is CCOC(=O)[C@H](OS(C)(=O)=O)[C@H](Oc1ccccc1[N+](=O)[O-])c1ccccc1. The van der Waals surface area contributed by atoms with Gasteiger partial charge >= 0.3 is 11.7 Å². The number of carbonyl (C=O) groups is 1. The maximum atomic E-state index is 12.4. The van der Waals surface area contributed by atoms with Crippen LogP contribution in [0.5, 0.6) is 5.75 Å². The Hall–Kier alpha value is -2.98. The summed E-state index contributed by atoms with van der Waals surface area (Å²) < 4.78 is 39.0. The molecule has 0 fully saturated rings. The number of rotatable bonds is 9. The lowest BCUT2D eigenvalue weighted by molar-refractivity contribution is -0.386. The van der Waals surface area contributed by atoms with Crippen molar-refractivity contribution in [2.24, 2.45) is 0 Å². The molecule has 0 heterocycles. The standard InChI is InChI=1S/C18H19NO8S/c1-3-25-18(20)17(27-28(2,23)24)16(13-9-5-4-6-10-13)26-15-12-8-7-11-14(15)19(21)22/h4-12,16-17H,3H2,1-2H3/t16-,17-/m1/s1. The van der Waals surface area contributed by atoms with Crippen molar-refractivity contribution in [1.29, 1.82) is 0 Å². The fourth-order valence-corrected chi connectivity index (χ4v) is 2.97. The van der Waals surface area contributed by atoms with E-state index >= 15 is 0 Å². The van der Waals surface area contributed by atoms with Crippen LogP contribution in [0, 0.1) is 10.1 Å². The fourth-order valence-electron chi connectivity index (χ4n) is 2.42. The van der Waals surface area contributed by atoms with E-state index in [1.807, 2.05) is 0 Å². The summed E-state index contributed by atoms with van der Waals surface area (Å²) in [6.45, 7) is 1.53. The van der Waals surface area contributed by atoms with Gasteiger partial charge in [0, 0.05) is 6.07 Å². The normalized spacial score (nSPS) is 13.4. The highest BCUT2D eigenvalue weighted by molar-refractivity contribution is 7.86. The molecular formula is C18H19NO8S. The lowest BCUT2D eigenvalue weighted by atomic mass is 10.0. The summed E-state index contributed by atoms with van der Waals surface area (Å²) in [5.41, 5.74) is 0.0350. The predicted molar refractivity (Wildman–Crippen MR) is 99.3 cm³/mol. The van der Waals surface area contributed by atoms with Gasteiger partial charge in [0.25, 0.3) is 10.1 Å². The van der Waals surface area contributed by atoms with Crippen molar-refractivity contribution in [3.8, 4) is 5.75 Å². The molecule has 0 unspecified atom stereocenters. The average Bonchev–Trinajstić information content (AvgIpc) is 2.65. The largest absolute Gasteiger partial charge is 0.475 e. The molecule has 0 saturated carbocycles. The zero-order chi connectivity index (χ0) is 20.7. The number of hydrogen-bond donors (Lipinski definition) is 0. The van der Waals surface area contributed by atoms with Gasteiger partial charge in [0.1, 0.15) is 0 Å². The quantitative estimate of drug-likeness (QED) is 0.268. The number of carbonyl (C=O) groups excluding carboxylic acids is 1. The van der Waals surface area contributed by atoms with Crippen LogP contribution in [0.2, 0.25) is 0 Å². The minimum absolute atomic E-state index is 0.0184. The molecule has 2 atom stereocenters. The third kappa shape index (κ3) is 5.76. The lowest BCUT2D eigenvalue weighted by Crippen LogP contribution is -2.37. The predicted octanol–water partition coefficient (Wildman–Crippen LogP) is 2.62. The lowest BCUT2D eigenvalue weighted by Gasteiger charge is -2.26. The van der Waals surface area contributed by atoms with E-state index in [0.717, 1.165) is 6.26 Å². The highest BCUT2D eigenvalue weighted by Crippen LogP contribution is 2.33. The van der Waals surface area contributed by atoms with Crippen LogP contribution in [0.25, 0.3) is 0 Å². The number of nitrogens with zero attached hydrogens (tertiary/aromatic N) is 1. The molecule has 0 radical (unpaired) electrons. The van der Waals surface area contributed by atoms with E-state index in [4.69, 9.17) is 13.7 Å².